The Morgan fingerprint density at radius 1 is 0.647 bits per heavy atom. The standard InChI is InChI=1S/C15H33NO/c1-3-5-7-8-9-11-14-17-15-13-16-12-10-6-4-2/h16H,3-15H2,1-2H3. The van der Waals surface area contributed by atoms with Gasteiger partial charge in [-0.1, -0.05) is 58.8 Å². The van der Waals surface area contributed by atoms with E-state index in [1.807, 2.05) is 0 Å². The van der Waals surface area contributed by atoms with Crippen LogP contribution in [-0.2, 0) is 4.74 Å². The van der Waals surface area contributed by atoms with Gasteiger partial charge in [0.05, 0.1) is 6.61 Å². The van der Waals surface area contributed by atoms with Crippen molar-refractivity contribution in [2.75, 3.05) is 26.3 Å². The zero-order valence-electron chi connectivity index (χ0n) is 12.1. The lowest BCUT2D eigenvalue weighted by Crippen LogP contribution is -2.21. The van der Waals surface area contributed by atoms with Crippen LogP contribution in [-0.4, -0.2) is 26.3 Å². The van der Waals surface area contributed by atoms with Crippen molar-refractivity contribution in [3.63, 3.8) is 0 Å². The topological polar surface area (TPSA) is 21.3 Å². The molecule has 104 valence electrons. The Morgan fingerprint density at radius 3 is 2.06 bits per heavy atom. The Morgan fingerprint density at radius 2 is 1.29 bits per heavy atom. The van der Waals surface area contributed by atoms with Crippen LogP contribution in [0.1, 0.15) is 71.6 Å². The van der Waals surface area contributed by atoms with Crippen molar-refractivity contribution < 1.29 is 4.74 Å². The molecule has 0 fully saturated rings. The molecule has 2 nitrogen and oxygen atoms in total. The highest BCUT2D eigenvalue weighted by atomic mass is 16.5. The minimum Gasteiger partial charge on any atom is -0.380 e. The Balaban J connectivity index is 2.85. The van der Waals surface area contributed by atoms with Crippen molar-refractivity contribution in [3.8, 4) is 0 Å². The van der Waals surface area contributed by atoms with E-state index in [-0.39, 0.29) is 0 Å². The second kappa shape index (κ2) is 15.9. The van der Waals surface area contributed by atoms with Crippen LogP contribution < -0.4 is 5.32 Å². The van der Waals surface area contributed by atoms with Crippen LogP contribution in [0.2, 0.25) is 0 Å². The SMILES string of the molecule is CCCCCCCCOCCNCCCCC. The van der Waals surface area contributed by atoms with Crippen LogP contribution in [0, 0.1) is 0 Å². The molecular weight excluding hydrogens is 210 g/mol. The minimum absolute atomic E-state index is 0.876. The highest BCUT2D eigenvalue weighted by Crippen LogP contribution is 2.04. The average Bonchev–Trinajstić information content (AvgIpc) is 2.35. The van der Waals surface area contributed by atoms with Gasteiger partial charge in [0.15, 0.2) is 0 Å². The van der Waals surface area contributed by atoms with E-state index in [1.54, 1.807) is 0 Å². The smallest absolute Gasteiger partial charge is 0.0590 e. The van der Waals surface area contributed by atoms with Crippen molar-refractivity contribution in [2.24, 2.45) is 0 Å². The van der Waals surface area contributed by atoms with E-state index < -0.39 is 0 Å². The van der Waals surface area contributed by atoms with E-state index in [0.717, 1.165) is 26.3 Å². The molecular formula is C15H33NO. The number of hydrogen-bond acceptors (Lipinski definition) is 2. The van der Waals surface area contributed by atoms with Gasteiger partial charge in [-0.2, -0.15) is 0 Å². The van der Waals surface area contributed by atoms with Crippen molar-refractivity contribution in [3.05, 3.63) is 0 Å². The van der Waals surface area contributed by atoms with Gasteiger partial charge in [0.2, 0.25) is 0 Å². The van der Waals surface area contributed by atoms with E-state index in [2.05, 4.69) is 19.2 Å². The fourth-order valence-electron chi connectivity index (χ4n) is 1.86. The summed E-state index contributed by atoms with van der Waals surface area (Å²) in [5.74, 6) is 0. The molecule has 0 aliphatic rings. The molecule has 0 aromatic heterocycles. The summed E-state index contributed by atoms with van der Waals surface area (Å²) in [4.78, 5) is 0. The Kier molecular flexibility index (Phi) is 15.8. The third-order valence-corrected chi connectivity index (χ3v) is 3.02. The van der Waals surface area contributed by atoms with Crippen molar-refractivity contribution in [1.82, 2.24) is 5.32 Å². The number of rotatable bonds is 14. The molecule has 1 N–H and O–H groups in total. The average molecular weight is 243 g/mol. The van der Waals surface area contributed by atoms with Crippen LogP contribution >= 0.6 is 0 Å². The van der Waals surface area contributed by atoms with Gasteiger partial charge in [-0.25, -0.2) is 0 Å². The summed E-state index contributed by atoms with van der Waals surface area (Å²) in [6, 6.07) is 0. The molecule has 0 heterocycles. The lowest BCUT2D eigenvalue weighted by atomic mass is 10.1. The molecule has 0 spiro atoms. The fourth-order valence-corrected chi connectivity index (χ4v) is 1.86. The molecule has 0 aliphatic heterocycles. The third-order valence-electron chi connectivity index (χ3n) is 3.02. The van der Waals surface area contributed by atoms with Crippen molar-refractivity contribution in [2.45, 2.75) is 71.6 Å². The summed E-state index contributed by atoms with van der Waals surface area (Å²) in [6.07, 6.45) is 12.0. The maximum atomic E-state index is 5.58. The Bertz CT molecular complexity index is 114. The van der Waals surface area contributed by atoms with Crippen LogP contribution in [0.4, 0.5) is 0 Å². The fraction of sp³-hybridized carbons (Fsp3) is 1.00. The van der Waals surface area contributed by atoms with Gasteiger partial charge in [0, 0.05) is 13.2 Å². The summed E-state index contributed by atoms with van der Waals surface area (Å²) >= 11 is 0. The van der Waals surface area contributed by atoms with Crippen LogP contribution in [0.15, 0.2) is 0 Å². The zero-order chi connectivity index (χ0) is 12.6. The lowest BCUT2D eigenvalue weighted by Gasteiger charge is -2.06. The summed E-state index contributed by atoms with van der Waals surface area (Å²) in [7, 11) is 0. The maximum Gasteiger partial charge on any atom is 0.0590 e. The molecule has 0 saturated heterocycles. The zero-order valence-corrected chi connectivity index (χ0v) is 12.1. The third kappa shape index (κ3) is 15.9. The molecule has 0 amide bonds. The van der Waals surface area contributed by atoms with E-state index in [1.165, 1.54) is 57.8 Å². The van der Waals surface area contributed by atoms with E-state index in [4.69, 9.17) is 4.74 Å². The van der Waals surface area contributed by atoms with Gasteiger partial charge in [-0.05, 0) is 19.4 Å². The number of ether oxygens (including phenoxy) is 1. The van der Waals surface area contributed by atoms with E-state index in [9.17, 15) is 0 Å². The Labute approximate surface area is 109 Å². The first-order valence-electron chi connectivity index (χ1n) is 7.70. The molecule has 2 heteroatoms. The molecule has 0 atom stereocenters. The number of unbranched alkanes of at least 4 members (excludes halogenated alkanes) is 7. The van der Waals surface area contributed by atoms with Crippen LogP contribution in [0.5, 0.6) is 0 Å². The second-order valence-electron chi connectivity index (χ2n) is 4.84. The van der Waals surface area contributed by atoms with E-state index >= 15 is 0 Å². The highest BCUT2D eigenvalue weighted by Gasteiger charge is 1.91. The van der Waals surface area contributed by atoms with Crippen molar-refractivity contribution in [1.29, 1.82) is 0 Å². The predicted octanol–water partition coefficient (Wildman–Crippen LogP) is 4.14. The lowest BCUT2D eigenvalue weighted by molar-refractivity contribution is 0.131. The molecule has 0 saturated carbocycles. The van der Waals surface area contributed by atoms with Gasteiger partial charge < -0.3 is 10.1 Å². The normalized spacial score (nSPS) is 10.9. The predicted molar refractivity (Wildman–Crippen MR) is 76.6 cm³/mol. The number of hydrogen-bond donors (Lipinski definition) is 1. The maximum absolute atomic E-state index is 5.58. The molecule has 0 aliphatic carbocycles. The molecule has 0 unspecified atom stereocenters. The first kappa shape index (κ1) is 16.9. The monoisotopic (exact) mass is 243 g/mol. The highest BCUT2D eigenvalue weighted by molar-refractivity contribution is 4.48. The van der Waals surface area contributed by atoms with Gasteiger partial charge in [0.1, 0.15) is 0 Å². The minimum atomic E-state index is 0.876. The molecule has 0 aromatic carbocycles. The van der Waals surface area contributed by atoms with Crippen LogP contribution in [0.25, 0.3) is 0 Å². The van der Waals surface area contributed by atoms with Crippen LogP contribution in [0.3, 0.4) is 0 Å². The first-order chi connectivity index (χ1) is 8.41. The van der Waals surface area contributed by atoms with Gasteiger partial charge in [-0.3, -0.25) is 0 Å². The first-order valence-corrected chi connectivity index (χ1v) is 7.70. The second-order valence-corrected chi connectivity index (χ2v) is 4.84. The van der Waals surface area contributed by atoms with Gasteiger partial charge in [-0.15, -0.1) is 0 Å². The summed E-state index contributed by atoms with van der Waals surface area (Å²) in [5, 5.41) is 3.41. The van der Waals surface area contributed by atoms with Crippen molar-refractivity contribution >= 4 is 0 Å². The largest absolute Gasteiger partial charge is 0.380 e. The summed E-state index contributed by atoms with van der Waals surface area (Å²) in [6.45, 7) is 8.48. The molecule has 0 radical (unpaired) electrons. The molecule has 0 bridgehead atoms. The van der Waals surface area contributed by atoms with Gasteiger partial charge in [0.25, 0.3) is 0 Å². The number of nitrogens with one attached hydrogen (secondary N) is 1. The van der Waals surface area contributed by atoms with Gasteiger partial charge >= 0.3 is 0 Å². The quantitative estimate of drug-likeness (QED) is 0.463. The molecule has 0 rings (SSSR count). The summed E-state index contributed by atoms with van der Waals surface area (Å²) < 4.78 is 5.58. The summed E-state index contributed by atoms with van der Waals surface area (Å²) in [5.41, 5.74) is 0. The van der Waals surface area contributed by atoms with E-state index in [0.29, 0.717) is 0 Å². The molecule has 0 aromatic rings. The molecule has 17 heavy (non-hydrogen) atoms. The Hall–Kier alpha value is -0.0800.